The molecule has 0 saturated carbocycles. The largest absolute Gasteiger partial charge is 0.478 e. The van der Waals surface area contributed by atoms with Gasteiger partial charge in [0.1, 0.15) is 0 Å². The van der Waals surface area contributed by atoms with Crippen molar-refractivity contribution in [1.82, 2.24) is 4.72 Å². The Morgan fingerprint density at radius 1 is 1.50 bits per heavy atom. The van der Waals surface area contributed by atoms with Gasteiger partial charge in [0.05, 0.1) is 10.5 Å². The topological polar surface area (TPSA) is 109 Å². The Morgan fingerprint density at radius 2 is 2.17 bits per heavy atom. The number of carboxylic acids is 1. The first-order valence-corrected chi connectivity index (χ1v) is 6.60. The van der Waals surface area contributed by atoms with E-state index in [1.807, 2.05) is 0 Å². The molecule has 0 spiro atoms. The molecule has 0 aliphatic rings. The summed E-state index contributed by atoms with van der Waals surface area (Å²) in [6, 6.07) is 3.63. The van der Waals surface area contributed by atoms with Gasteiger partial charge in [-0.05, 0) is 24.6 Å². The quantitative estimate of drug-likeness (QED) is 0.403. The maximum atomic E-state index is 11.9. The van der Waals surface area contributed by atoms with E-state index < -0.39 is 16.0 Å². The van der Waals surface area contributed by atoms with Gasteiger partial charge < -0.3 is 10.8 Å². The van der Waals surface area contributed by atoms with E-state index in [-0.39, 0.29) is 22.7 Å². The molecule has 0 amide bonds. The number of hydrogen-bond donors (Lipinski definition) is 3. The van der Waals surface area contributed by atoms with E-state index in [1.165, 1.54) is 12.1 Å². The van der Waals surface area contributed by atoms with Gasteiger partial charge in [0.25, 0.3) is 0 Å². The molecule has 0 heterocycles. The van der Waals surface area contributed by atoms with Gasteiger partial charge in [-0.25, -0.2) is 17.9 Å². The van der Waals surface area contributed by atoms with Gasteiger partial charge in [-0.1, -0.05) is 6.08 Å². The van der Waals surface area contributed by atoms with Crippen molar-refractivity contribution in [3.05, 3.63) is 36.4 Å². The van der Waals surface area contributed by atoms with Crippen molar-refractivity contribution in [3.63, 3.8) is 0 Å². The van der Waals surface area contributed by atoms with E-state index in [4.69, 9.17) is 10.8 Å². The molecule has 0 unspecified atom stereocenters. The highest BCUT2D eigenvalue weighted by Crippen LogP contribution is 2.18. The van der Waals surface area contributed by atoms with Crippen LogP contribution in [0.25, 0.3) is 0 Å². The number of nitrogen functional groups attached to an aromatic ring is 1. The molecule has 18 heavy (non-hydrogen) atoms. The number of nitrogens with one attached hydrogen (secondary N) is 1. The summed E-state index contributed by atoms with van der Waals surface area (Å²) in [5.74, 6) is -1.34. The van der Waals surface area contributed by atoms with Gasteiger partial charge in [0, 0.05) is 12.2 Å². The van der Waals surface area contributed by atoms with Crippen LogP contribution in [-0.2, 0) is 10.0 Å². The minimum absolute atomic E-state index is 0.162. The second kappa shape index (κ2) is 5.65. The number of carboxylic acid groups (broad SMARTS) is 1. The van der Waals surface area contributed by atoms with Crippen molar-refractivity contribution in [3.8, 4) is 0 Å². The Morgan fingerprint density at radius 3 is 2.72 bits per heavy atom. The summed E-state index contributed by atoms with van der Waals surface area (Å²) in [5, 5.41) is 8.96. The molecule has 0 aliphatic carbocycles. The van der Waals surface area contributed by atoms with Crippen LogP contribution < -0.4 is 10.5 Å². The number of aromatic carboxylic acids is 1. The summed E-state index contributed by atoms with van der Waals surface area (Å²) < 4.78 is 26.1. The lowest BCUT2D eigenvalue weighted by Crippen LogP contribution is -2.26. The van der Waals surface area contributed by atoms with E-state index in [1.54, 1.807) is 6.08 Å². The maximum absolute atomic E-state index is 11.9. The maximum Gasteiger partial charge on any atom is 0.337 e. The third-order valence-corrected chi connectivity index (χ3v) is 3.68. The third-order valence-electron chi connectivity index (χ3n) is 2.16. The van der Waals surface area contributed by atoms with Crippen LogP contribution in [-0.4, -0.2) is 26.0 Å². The molecule has 0 bridgehead atoms. The Labute approximate surface area is 105 Å². The summed E-state index contributed by atoms with van der Waals surface area (Å²) in [6.45, 7) is 3.63. The third kappa shape index (κ3) is 3.31. The highest BCUT2D eigenvalue weighted by atomic mass is 32.2. The Balaban J connectivity index is 3.15. The predicted molar refractivity (Wildman–Crippen MR) is 67.8 cm³/mol. The highest BCUT2D eigenvalue weighted by molar-refractivity contribution is 7.89. The van der Waals surface area contributed by atoms with Crippen LogP contribution in [0.5, 0.6) is 0 Å². The lowest BCUT2D eigenvalue weighted by Gasteiger charge is -2.09. The Bertz CT molecular complexity index is 566. The number of hydrogen-bond acceptors (Lipinski definition) is 4. The predicted octanol–water partition coefficient (Wildman–Crippen LogP) is 0.821. The highest BCUT2D eigenvalue weighted by Gasteiger charge is 2.21. The number of benzene rings is 1. The molecule has 6 nitrogen and oxygen atoms in total. The van der Waals surface area contributed by atoms with Crippen LogP contribution >= 0.6 is 0 Å². The molecule has 98 valence electrons. The van der Waals surface area contributed by atoms with Crippen molar-refractivity contribution >= 4 is 21.7 Å². The van der Waals surface area contributed by atoms with Crippen LogP contribution in [0.15, 0.2) is 35.7 Å². The fourth-order valence-corrected chi connectivity index (χ4v) is 2.55. The van der Waals surface area contributed by atoms with Crippen molar-refractivity contribution in [1.29, 1.82) is 0 Å². The summed E-state index contributed by atoms with van der Waals surface area (Å²) in [4.78, 5) is 10.7. The summed E-state index contributed by atoms with van der Waals surface area (Å²) in [5.41, 5.74) is 5.28. The number of carbonyl (C=O) groups is 1. The fraction of sp³-hybridized carbons (Fsp3) is 0.182. The normalized spacial score (nSPS) is 11.1. The molecule has 0 aromatic heterocycles. The Hall–Kier alpha value is -1.86. The molecule has 1 rings (SSSR count). The lowest BCUT2D eigenvalue weighted by atomic mass is 10.2. The summed E-state index contributed by atoms with van der Waals surface area (Å²) >= 11 is 0. The molecule has 7 heteroatoms. The van der Waals surface area contributed by atoms with Gasteiger partial charge in [-0.2, -0.15) is 0 Å². The Kier molecular flexibility index (Phi) is 4.46. The molecule has 0 radical (unpaired) electrons. The van der Waals surface area contributed by atoms with Crippen LogP contribution in [0.1, 0.15) is 16.8 Å². The molecular weight excluding hydrogens is 256 g/mol. The SMILES string of the molecule is C=CCCNS(=O)(=O)c1ccc(N)cc1C(=O)O. The standard InChI is InChI=1S/C11H14N2O4S/c1-2-3-6-13-18(16,17)10-5-4-8(12)7-9(10)11(14)15/h2,4-5,7,13H,1,3,6,12H2,(H,14,15). The van der Waals surface area contributed by atoms with Gasteiger partial charge in [-0.3, -0.25) is 0 Å². The molecule has 0 fully saturated rings. The number of rotatable bonds is 6. The van der Waals surface area contributed by atoms with Crippen molar-refractivity contribution in [2.24, 2.45) is 0 Å². The van der Waals surface area contributed by atoms with Gasteiger partial charge in [0.2, 0.25) is 10.0 Å². The summed E-state index contributed by atoms with van der Waals surface area (Å²) in [6.07, 6.45) is 2.01. The van der Waals surface area contributed by atoms with Crippen molar-refractivity contribution in [2.45, 2.75) is 11.3 Å². The minimum atomic E-state index is -3.86. The van der Waals surface area contributed by atoms with E-state index >= 15 is 0 Å². The molecule has 0 atom stereocenters. The number of sulfonamides is 1. The first kappa shape index (κ1) is 14.2. The van der Waals surface area contributed by atoms with E-state index in [0.717, 1.165) is 6.07 Å². The van der Waals surface area contributed by atoms with Crippen LogP contribution in [0, 0.1) is 0 Å². The van der Waals surface area contributed by atoms with Crippen molar-refractivity contribution < 1.29 is 18.3 Å². The summed E-state index contributed by atoms with van der Waals surface area (Å²) in [7, 11) is -3.86. The molecule has 0 saturated heterocycles. The second-order valence-electron chi connectivity index (χ2n) is 3.54. The fourth-order valence-electron chi connectivity index (χ4n) is 1.32. The lowest BCUT2D eigenvalue weighted by molar-refractivity contribution is 0.0692. The zero-order chi connectivity index (χ0) is 13.8. The number of nitrogens with two attached hydrogens (primary N) is 1. The van der Waals surface area contributed by atoms with Gasteiger partial charge >= 0.3 is 5.97 Å². The minimum Gasteiger partial charge on any atom is -0.478 e. The average molecular weight is 270 g/mol. The first-order chi connectivity index (χ1) is 8.38. The first-order valence-electron chi connectivity index (χ1n) is 5.12. The molecule has 0 aliphatic heterocycles. The number of anilines is 1. The van der Waals surface area contributed by atoms with Gasteiger partial charge in [0.15, 0.2) is 0 Å². The average Bonchev–Trinajstić information content (AvgIpc) is 2.28. The molecular formula is C11H14N2O4S. The van der Waals surface area contributed by atoms with Crippen LogP contribution in [0.4, 0.5) is 5.69 Å². The van der Waals surface area contributed by atoms with Crippen molar-refractivity contribution in [2.75, 3.05) is 12.3 Å². The zero-order valence-corrected chi connectivity index (χ0v) is 10.4. The van der Waals surface area contributed by atoms with Crippen LogP contribution in [0.2, 0.25) is 0 Å². The monoisotopic (exact) mass is 270 g/mol. The van der Waals surface area contributed by atoms with E-state index in [9.17, 15) is 13.2 Å². The molecule has 4 N–H and O–H groups in total. The molecule has 1 aromatic rings. The van der Waals surface area contributed by atoms with Crippen LogP contribution in [0.3, 0.4) is 0 Å². The van der Waals surface area contributed by atoms with E-state index in [0.29, 0.717) is 6.42 Å². The molecule has 1 aromatic carbocycles. The van der Waals surface area contributed by atoms with E-state index in [2.05, 4.69) is 11.3 Å². The second-order valence-corrected chi connectivity index (χ2v) is 5.27. The zero-order valence-electron chi connectivity index (χ0n) is 9.59. The smallest absolute Gasteiger partial charge is 0.337 e. The van der Waals surface area contributed by atoms with Gasteiger partial charge in [-0.15, -0.1) is 6.58 Å².